The van der Waals surface area contributed by atoms with Gasteiger partial charge >= 0.3 is 0 Å². The maximum atomic E-state index is 12.4. The van der Waals surface area contributed by atoms with Crippen LogP contribution in [0.15, 0.2) is 0 Å². The summed E-state index contributed by atoms with van der Waals surface area (Å²) in [4.78, 5) is 12.4. The molecule has 4 aliphatic rings. The first kappa shape index (κ1) is 14.0. The second kappa shape index (κ2) is 4.67. The van der Waals surface area contributed by atoms with Crippen LogP contribution in [0.2, 0.25) is 0 Å². The molecule has 0 saturated heterocycles. The number of hydrogen-bond acceptors (Lipinski definition) is 2. The number of rotatable bonds is 1. The molecule has 0 spiro atoms. The fraction of sp³-hybridized carbons (Fsp3) is 0.895. The van der Waals surface area contributed by atoms with E-state index >= 15 is 0 Å². The Morgan fingerprint density at radius 3 is 2.71 bits per heavy atom. The first-order chi connectivity index (χ1) is 10.1. The molecular formula is C19H29NO. The van der Waals surface area contributed by atoms with Gasteiger partial charge in [0.2, 0.25) is 0 Å². The molecule has 4 rings (SSSR count). The van der Waals surface area contributed by atoms with E-state index in [1.165, 1.54) is 44.9 Å². The van der Waals surface area contributed by atoms with Crippen molar-refractivity contribution < 1.29 is 4.79 Å². The predicted molar refractivity (Wildman–Crippen MR) is 84.5 cm³/mol. The Bertz CT molecular complexity index is 472. The van der Waals surface area contributed by atoms with Crippen molar-refractivity contribution in [3.8, 4) is 0 Å². The highest BCUT2D eigenvalue weighted by Gasteiger charge is 2.60. The van der Waals surface area contributed by atoms with Crippen LogP contribution in [0, 0.1) is 39.9 Å². The summed E-state index contributed by atoms with van der Waals surface area (Å²) in [7, 11) is 0. The monoisotopic (exact) mass is 287 g/mol. The normalized spacial score (nSPS) is 52.7. The van der Waals surface area contributed by atoms with E-state index in [0.717, 1.165) is 37.0 Å². The summed E-state index contributed by atoms with van der Waals surface area (Å²) >= 11 is 0. The zero-order valence-corrected chi connectivity index (χ0v) is 13.4. The van der Waals surface area contributed by atoms with Gasteiger partial charge in [-0.15, -0.1) is 0 Å². The fourth-order valence-electron chi connectivity index (χ4n) is 7.06. The third-order valence-electron chi connectivity index (χ3n) is 8.17. The second-order valence-electron chi connectivity index (χ2n) is 8.59. The van der Waals surface area contributed by atoms with Crippen LogP contribution in [0.25, 0.3) is 0 Å². The number of carbonyl (C=O) groups is 1. The van der Waals surface area contributed by atoms with Crippen molar-refractivity contribution >= 4 is 12.0 Å². The Kier molecular flexibility index (Phi) is 3.10. The quantitative estimate of drug-likeness (QED) is 0.702. The van der Waals surface area contributed by atoms with E-state index in [1.54, 1.807) is 6.21 Å². The van der Waals surface area contributed by atoms with Gasteiger partial charge in [-0.25, -0.2) is 0 Å². The minimum atomic E-state index is -0.348. The average Bonchev–Trinajstić information content (AvgIpc) is 2.84. The minimum Gasteiger partial charge on any atom is -0.312 e. The molecule has 0 aliphatic heterocycles. The molecule has 0 bridgehead atoms. The molecule has 0 aromatic rings. The Morgan fingerprint density at radius 1 is 1.05 bits per heavy atom. The van der Waals surface area contributed by atoms with Gasteiger partial charge in [-0.1, -0.05) is 19.8 Å². The van der Waals surface area contributed by atoms with Crippen LogP contribution in [0.1, 0.15) is 71.1 Å². The number of fused-ring (bicyclic) bond motifs is 5. The smallest absolute Gasteiger partial charge is 0.144 e. The molecule has 6 atom stereocenters. The van der Waals surface area contributed by atoms with Gasteiger partial charge in [0.15, 0.2) is 0 Å². The molecule has 0 aromatic heterocycles. The average molecular weight is 287 g/mol. The summed E-state index contributed by atoms with van der Waals surface area (Å²) in [6.07, 6.45) is 14.0. The van der Waals surface area contributed by atoms with Crippen molar-refractivity contribution in [2.45, 2.75) is 71.1 Å². The highest BCUT2D eigenvalue weighted by atomic mass is 16.1. The lowest BCUT2D eigenvalue weighted by Gasteiger charge is -2.59. The predicted octanol–water partition coefficient (Wildman–Crippen LogP) is 4.62. The lowest BCUT2D eigenvalue weighted by molar-refractivity contribution is -0.132. The van der Waals surface area contributed by atoms with Crippen LogP contribution in [0.5, 0.6) is 0 Å². The van der Waals surface area contributed by atoms with Crippen molar-refractivity contribution in [2.24, 2.45) is 34.5 Å². The zero-order valence-electron chi connectivity index (χ0n) is 13.4. The van der Waals surface area contributed by atoms with Crippen molar-refractivity contribution in [1.29, 1.82) is 5.41 Å². The molecule has 0 unspecified atom stereocenters. The second-order valence-corrected chi connectivity index (χ2v) is 8.59. The number of Topliss-reactive ketones (excluding diaryl/α,β-unsaturated/α-hetero) is 1. The van der Waals surface area contributed by atoms with E-state index in [-0.39, 0.29) is 5.41 Å². The van der Waals surface area contributed by atoms with Crippen LogP contribution >= 0.6 is 0 Å². The molecule has 4 fully saturated rings. The summed E-state index contributed by atoms with van der Waals surface area (Å²) in [5.74, 6) is 3.39. The highest BCUT2D eigenvalue weighted by Crippen LogP contribution is 2.65. The van der Waals surface area contributed by atoms with E-state index in [0.29, 0.717) is 17.1 Å². The highest BCUT2D eigenvalue weighted by molar-refractivity contribution is 6.01. The van der Waals surface area contributed by atoms with Gasteiger partial charge in [-0.3, -0.25) is 4.79 Å². The zero-order chi connectivity index (χ0) is 14.7. The number of carbonyl (C=O) groups excluding carboxylic acids is 1. The number of ketones is 1. The van der Waals surface area contributed by atoms with Gasteiger partial charge in [0.05, 0.1) is 5.41 Å². The Morgan fingerprint density at radius 2 is 1.90 bits per heavy atom. The summed E-state index contributed by atoms with van der Waals surface area (Å²) in [6, 6.07) is 0. The summed E-state index contributed by atoms with van der Waals surface area (Å²) in [6.45, 7) is 2.57. The molecule has 1 N–H and O–H groups in total. The standard InChI is InChI=1S/C19H29NO/c1-18-10-3-2-4-13(18)5-6-14-15(18)9-11-19(12-20)16(14)7-8-17(19)21/h12-16,20H,2-11H2,1H3/t13-,14-,15+,16+,18+,19-/m1/s1. The third kappa shape index (κ3) is 1.71. The number of hydrogen-bond donors (Lipinski definition) is 1. The molecule has 2 heteroatoms. The van der Waals surface area contributed by atoms with E-state index in [4.69, 9.17) is 5.41 Å². The van der Waals surface area contributed by atoms with Crippen LogP contribution in [-0.2, 0) is 4.79 Å². The van der Waals surface area contributed by atoms with E-state index in [1.807, 2.05) is 0 Å². The summed E-state index contributed by atoms with van der Waals surface area (Å²) in [5, 5.41) is 7.94. The fourth-order valence-corrected chi connectivity index (χ4v) is 7.06. The maximum absolute atomic E-state index is 12.4. The summed E-state index contributed by atoms with van der Waals surface area (Å²) < 4.78 is 0. The van der Waals surface area contributed by atoms with E-state index < -0.39 is 0 Å². The minimum absolute atomic E-state index is 0.348. The van der Waals surface area contributed by atoms with E-state index in [9.17, 15) is 4.79 Å². The SMILES string of the molecule is C[C@]12CCCC[C@@H]1CC[C@@H]1[C@@H]2CC[C@]2(C=N)C(=O)CC[C@@H]12. The number of nitrogens with one attached hydrogen (secondary N) is 1. The van der Waals surface area contributed by atoms with Gasteiger partial charge in [0, 0.05) is 12.6 Å². The van der Waals surface area contributed by atoms with Gasteiger partial charge in [0.1, 0.15) is 5.78 Å². The molecule has 0 radical (unpaired) electrons. The Balaban J connectivity index is 1.68. The van der Waals surface area contributed by atoms with Gasteiger partial charge < -0.3 is 5.41 Å². The Labute approximate surface area is 128 Å². The molecule has 21 heavy (non-hydrogen) atoms. The third-order valence-corrected chi connectivity index (χ3v) is 8.17. The maximum Gasteiger partial charge on any atom is 0.144 e. The first-order valence-electron chi connectivity index (χ1n) is 9.17. The van der Waals surface area contributed by atoms with Crippen molar-refractivity contribution in [3.63, 3.8) is 0 Å². The van der Waals surface area contributed by atoms with Gasteiger partial charge in [-0.2, -0.15) is 0 Å². The molecule has 0 amide bonds. The molecule has 0 heterocycles. The van der Waals surface area contributed by atoms with Crippen LogP contribution in [0.3, 0.4) is 0 Å². The van der Waals surface area contributed by atoms with Crippen LogP contribution in [-0.4, -0.2) is 12.0 Å². The Hall–Kier alpha value is -0.660. The topological polar surface area (TPSA) is 40.9 Å². The largest absolute Gasteiger partial charge is 0.312 e. The summed E-state index contributed by atoms with van der Waals surface area (Å²) in [5.41, 5.74) is 0.194. The lowest BCUT2D eigenvalue weighted by atomic mass is 9.45. The molecule has 4 saturated carbocycles. The van der Waals surface area contributed by atoms with Crippen LogP contribution < -0.4 is 0 Å². The lowest BCUT2D eigenvalue weighted by Crippen LogP contribution is -2.53. The molecule has 4 aliphatic carbocycles. The first-order valence-corrected chi connectivity index (χ1v) is 9.17. The molecule has 2 nitrogen and oxygen atoms in total. The van der Waals surface area contributed by atoms with Gasteiger partial charge in [-0.05, 0) is 74.0 Å². The van der Waals surface area contributed by atoms with Gasteiger partial charge in [0.25, 0.3) is 0 Å². The van der Waals surface area contributed by atoms with Crippen molar-refractivity contribution in [2.75, 3.05) is 0 Å². The molecule has 116 valence electrons. The molecular weight excluding hydrogens is 258 g/mol. The van der Waals surface area contributed by atoms with E-state index in [2.05, 4.69) is 6.92 Å². The molecule has 0 aromatic carbocycles. The van der Waals surface area contributed by atoms with Crippen molar-refractivity contribution in [1.82, 2.24) is 0 Å². The van der Waals surface area contributed by atoms with Crippen molar-refractivity contribution in [3.05, 3.63) is 0 Å². The van der Waals surface area contributed by atoms with Crippen LogP contribution in [0.4, 0.5) is 0 Å².